The minimum atomic E-state index is 0.0582. The highest BCUT2D eigenvalue weighted by Gasteiger charge is 2.17. The zero-order valence-corrected chi connectivity index (χ0v) is 14.3. The van der Waals surface area contributed by atoms with Crippen LogP contribution in [0.4, 0.5) is 5.82 Å². The van der Waals surface area contributed by atoms with Gasteiger partial charge in [0.05, 0.1) is 31.3 Å². The quantitative estimate of drug-likeness (QED) is 0.787. The van der Waals surface area contributed by atoms with E-state index in [-0.39, 0.29) is 6.10 Å². The lowest BCUT2D eigenvalue weighted by Gasteiger charge is -2.23. The van der Waals surface area contributed by atoms with Crippen LogP contribution in [0.1, 0.15) is 5.82 Å². The molecule has 0 unspecified atom stereocenters. The Balaban J connectivity index is 1.69. The first-order valence-corrected chi connectivity index (χ1v) is 8.94. The number of aromatic nitrogens is 2. The summed E-state index contributed by atoms with van der Waals surface area (Å²) >= 11 is 1.65. The first kappa shape index (κ1) is 15.5. The van der Waals surface area contributed by atoms with Gasteiger partial charge in [-0.1, -0.05) is 30.3 Å². The molecule has 0 spiro atoms. The van der Waals surface area contributed by atoms with Gasteiger partial charge in [0, 0.05) is 17.5 Å². The van der Waals surface area contributed by atoms with E-state index in [0.29, 0.717) is 26.4 Å². The van der Waals surface area contributed by atoms with Crippen LogP contribution in [0.3, 0.4) is 0 Å². The van der Waals surface area contributed by atoms with E-state index in [0.717, 1.165) is 21.9 Å². The average Bonchev–Trinajstić information content (AvgIpc) is 3.05. The molecule has 0 aliphatic carbocycles. The Morgan fingerprint density at radius 3 is 2.88 bits per heavy atom. The highest BCUT2D eigenvalue weighted by Crippen LogP contribution is 2.36. The Kier molecular flexibility index (Phi) is 4.42. The van der Waals surface area contributed by atoms with E-state index < -0.39 is 0 Å². The Morgan fingerprint density at radius 1 is 1.21 bits per heavy atom. The molecule has 4 rings (SSSR count). The predicted molar refractivity (Wildman–Crippen MR) is 96.6 cm³/mol. The van der Waals surface area contributed by atoms with Gasteiger partial charge in [-0.25, -0.2) is 9.97 Å². The van der Waals surface area contributed by atoms with Crippen molar-refractivity contribution in [3.8, 4) is 11.1 Å². The number of hydrogen-bond acceptors (Lipinski definition) is 6. The summed E-state index contributed by atoms with van der Waals surface area (Å²) in [6.45, 7) is 4.55. The summed E-state index contributed by atoms with van der Waals surface area (Å²) in [5, 5.41) is 6.67. The maximum absolute atomic E-state index is 5.71. The molecule has 5 nitrogen and oxygen atoms in total. The molecule has 1 aliphatic rings. The molecule has 0 bridgehead atoms. The molecule has 0 amide bonds. The topological polar surface area (TPSA) is 56.3 Å². The SMILES string of the molecule is Cc1nc(NC[C@H]2COCCO2)c2c(-c3ccccc3)csc2n1. The van der Waals surface area contributed by atoms with Gasteiger partial charge in [-0.15, -0.1) is 11.3 Å². The summed E-state index contributed by atoms with van der Waals surface area (Å²) in [7, 11) is 0. The molecular weight excluding hydrogens is 322 g/mol. The van der Waals surface area contributed by atoms with Gasteiger partial charge in [0.1, 0.15) is 16.5 Å². The first-order valence-electron chi connectivity index (χ1n) is 8.06. The lowest BCUT2D eigenvalue weighted by Crippen LogP contribution is -2.34. The minimum Gasteiger partial charge on any atom is -0.376 e. The van der Waals surface area contributed by atoms with Crippen molar-refractivity contribution in [3.63, 3.8) is 0 Å². The second-order valence-electron chi connectivity index (χ2n) is 5.76. The summed E-state index contributed by atoms with van der Waals surface area (Å²) < 4.78 is 11.2. The largest absolute Gasteiger partial charge is 0.376 e. The molecule has 124 valence electrons. The minimum absolute atomic E-state index is 0.0582. The van der Waals surface area contributed by atoms with Crippen molar-refractivity contribution in [2.45, 2.75) is 13.0 Å². The van der Waals surface area contributed by atoms with Crippen LogP contribution in [-0.4, -0.2) is 42.4 Å². The number of benzene rings is 1. The summed E-state index contributed by atoms with van der Waals surface area (Å²) in [4.78, 5) is 10.2. The lowest BCUT2D eigenvalue weighted by atomic mass is 10.1. The summed E-state index contributed by atoms with van der Waals surface area (Å²) in [5.74, 6) is 1.64. The van der Waals surface area contributed by atoms with Crippen molar-refractivity contribution >= 4 is 27.4 Å². The number of thiophene rings is 1. The third-order valence-corrected chi connectivity index (χ3v) is 4.88. The van der Waals surface area contributed by atoms with Crippen LogP contribution in [-0.2, 0) is 9.47 Å². The smallest absolute Gasteiger partial charge is 0.139 e. The van der Waals surface area contributed by atoms with Gasteiger partial charge < -0.3 is 14.8 Å². The van der Waals surface area contributed by atoms with Crippen molar-refractivity contribution in [3.05, 3.63) is 41.5 Å². The van der Waals surface area contributed by atoms with Crippen molar-refractivity contribution in [2.24, 2.45) is 0 Å². The molecule has 1 aliphatic heterocycles. The molecule has 3 aromatic rings. The second-order valence-corrected chi connectivity index (χ2v) is 6.62. The molecule has 1 atom stereocenters. The molecular formula is C18H19N3O2S. The van der Waals surface area contributed by atoms with Crippen LogP contribution in [0.25, 0.3) is 21.3 Å². The molecule has 3 heterocycles. The molecule has 1 fully saturated rings. The van der Waals surface area contributed by atoms with E-state index >= 15 is 0 Å². The van der Waals surface area contributed by atoms with Gasteiger partial charge in [0.2, 0.25) is 0 Å². The van der Waals surface area contributed by atoms with E-state index in [1.807, 2.05) is 25.1 Å². The third kappa shape index (κ3) is 3.13. The van der Waals surface area contributed by atoms with Crippen molar-refractivity contribution < 1.29 is 9.47 Å². The van der Waals surface area contributed by atoms with Gasteiger partial charge in [-0.2, -0.15) is 0 Å². The van der Waals surface area contributed by atoms with Gasteiger partial charge >= 0.3 is 0 Å². The Hall–Kier alpha value is -2.02. The van der Waals surface area contributed by atoms with Crippen molar-refractivity contribution in [1.82, 2.24) is 9.97 Å². The number of fused-ring (bicyclic) bond motifs is 1. The number of anilines is 1. The maximum Gasteiger partial charge on any atom is 0.139 e. The van der Waals surface area contributed by atoms with Gasteiger partial charge in [0.15, 0.2) is 0 Å². The Labute approximate surface area is 144 Å². The lowest BCUT2D eigenvalue weighted by molar-refractivity contribution is -0.0819. The van der Waals surface area contributed by atoms with Crippen LogP contribution < -0.4 is 5.32 Å². The van der Waals surface area contributed by atoms with Gasteiger partial charge in [-0.3, -0.25) is 0 Å². The van der Waals surface area contributed by atoms with Crippen LogP contribution in [0.2, 0.25) is 0 Å². The standard InChI is InChI=1S/C18H19N3O2S/c1-12-20-17(19-9-14-10-22-7-8-23-14)16-15(11-24-18(16)21-12)13-5-3-2-4-6-13/h2-6,11,14H,7-10H2,1H3,(H,19,20,21)/t14-/m0/s1. The zero-order chi connectivity index (χ0) is 16.4. The molecule has 1 N–H and O–H groups in total. The van der Waals surface area contributed by atoms with Crippen molar-refractivity contribution in [2.75, 3.05) is 31.7 Å². The fourth-order valence-electron chi connectivity index (χ4n) is 2.87. The van der Waals surface area contributed by atoms with Gasteiger partial charge in [0.25, 0.3) is 0 Å². The van der Waals surface area contributed by atoms with Crippen LogP contribution in [0.5, 0.6) is 0 Å². The molecule has 0 saturated carbocycles. The Morgan fingerprint density at radius 2 is 2.08 bits per heavy atom. The highest BCUT2D eigenvalue weighted by atomic mass is 32.1. The summed E-state index contributed by atoms with van der Waals surface area (Å²) in [6.07, 6.45) is 0.0582. The predicted octanol–water partition coefficient (Wildman–Crippen LogP) is 3.49. The van der Waals surface area contributed by atoms with E-state index in [9.17, 15) is 0 Å². The zero-order valence-electron chi connectivity index (χ0n) is 13.5. The van der Waals surface area contributed by atoms with Crippen LogP contribution in [0.15, 0.2) is 35.7 Å². The number of nitrogens with one attached hydrogen (secondary N) is 1. The molecule has 1 saturated heterocycles. The maximum atomic E-state index is 5.71. The number of aryl methyl sites for hydroxylation is 1. The van der Waals surface area contributed by atoms with E-state index in [1.54, 1.807) is 11.3 Å². The summed E-state index contributed by atoms with van der Waals surface area (Å²) in [6, 6.07) is 10.4. The number of hydrogen-bond donors (Lipinski definition) is 1. The van der Waals surface area contributed by atoms with Crippen LogP contribution >= 0.6 is 11.3 Å². The number of ether oxygens (including phenoxy) is 2. The van der Waals surface area contributed by atoms with Gasteiger partial charge in [-0.05, 0) is 12.5 Å². The van der Waals surface area contributed by atoms with Crippen molar-refractivity contribution in [1.29, 1.82) is 0 Å². The second kappa shape index (κ2) is 6.84. The molecule has 2 aromatic heterocycles. The average molecular weight is 341 g/mol. The highest BCUT2D eigenvalue weighted by molar-refractivity contribution is 7.17. The molecule has 1 aromatic carbocycles. The van der Waals surface area contributed by atoms with E-state index in [2.05, 4.69) is 32.8 Å². The fourth-order valence-corrected chi connectivity index (χ4v) is 3.86. The van der Waals surface area contributed by atoms with E-state index in [1.165, 1.54) is 11.1 Å². The van der Waals surface area contributed by atoms with Crippen LogP contribution in [0, 0.1) is 6.92 Å². The number of rotatable bonds is 4. The number of nitrogens with zero attached hydrogens (tertiary/aromatic N) is 2. The Bertz CT molecular complexity index is 829. The van der Waals surface area contributed by atoms with E-state index in [4.69, 9.17) is 9.47 Å². The fraction of sp³-hybridized carbons (Fsp3) is 0.333. The normalized spacial score (nSPS) is 18.0. The molecule has 0 radical (unpaired) electrons. The molecule has 24 heavy (non-hydrogen) atoms. The monoisotopic (exact) mass is 341 g/mol. The molecule has 6 heteroatoms. The summed E-state index contributed by atoms with van der Waals surface area (Å²) in [5.41, 5.74) is 2.34. The first-order chi connectivity index (χ1) is 11.8. The third-order valence-electron chi connectivity index (χ3n) is 4.01.